The maximum Gasteiger partial charge on any atom is 0.180 e. The van der Waals surface area contributed by atoms with Crippen LogP contribution in [0.1, 0.15) is 29.3 Å². The smallest absolute Gasteiger partial charge is 0.180 e. The molecule has 20 heavy (non-hydrogen) atoms. The Hall–Kier alpha value is -1.53. The fourth-order valence-corrected chi connectivity index (χ4v) is 4.09. The summed E-state index contributed by atoms with van der Waals surface area (Å²) in [5.74, 6) is 0.659. The van der Waals surface area contributed by atoms with Gasteiger partial charge in [-0.2, -0.15) is 0 Å². The standard InChI is InChI=1S/C14H12N4S2/c1-8-2-5-11-10(6-8)13(16-7-15-11)20-14-18-17-12(19-14)9-3-4-9/h2,5-7,9H,3-4H2,1H3. The highest BCUT2D eigenvalue weighted by Gasteiger charge is 2.27. The van der Waals surface area contributed by atoms with Gasteiger partial charge in [0.2, 0.25) is 0 Å². The summed E-state index contributed by atoms with van der Waals surface area (Å²) in [5.41, 5.74) is 2.19. The van der Waals surface area contributed by atoms with Gasteiger partial charge in [-0.05, 0) is 43.7 Å². The molecule has 0 aliphatic heterocycles. The molecule has 0 unspecified atom stereocenters. The van der Waals surface area contributed by atoms with E-state index in [1.54, 1.807) is 29.4 Å². The maximum atomic E-state index is 4.40. The molecule has 0 spiro atoms. The predicted octanol–water partition coefficient (Wildman–Crippen LogP) is 3.82. The molecule has 0 atom stereocenters. The molecule has 3 aromatic rings. The van der Waals surface area contributed by atoms with Crippen LogP contribution in [0.5, 0.6) is 0 Å². The molecule has 1 saturated carbocycles. The number of rotatable bonds is 3. The fourth-order valence-electron chi connectivity index (χ4n) is 2.07. The summed E-state index contributed by atoms with van der Waals surface area (Å²) in [6.07, 6.45) is 4.13. The maximum absolute atomic E-state index is 4.40. The van der Waals surface area contributed by atoms with E-state index in [2.05, 4.69) is 39.2 Å². The van der Waals surface area contributed by atoms with Crippen LogP contribution in [0.2, 0.25) is 0 Å². The number of aromatic nitrogens is 4. The monoisotopic (exact) mass is 300 g/mol. The quantitative estimate of drug-likeness (QED) is 0.688. The van der Waals surface area contributed by atoms with Gasteiger partial charge in [0.05, 0.1) is 5.52 Å². The molecule has 4 nitrogen and oxygen atoms in total. The largest absolute Gasteiger partial charge is 0.236 e. The summed E-state index contributed by atoms with van der Waals surface area (Å²) in [5, 5.41) is 11.8. The van der Waals surface area contributed by atoms with Crippen molar-refractivity contribution in [3.05, 3.63) is 35.1 Å². The normalized spacial score (nSPS) is 14.8. The molecule has 1 aliphatic carbocycles. The molecule has 1 aromatic carbocycles. The van der Waals surface area contributed by atoms with E-state index in [1.807, 2.05) is 6.07 Å². The first-order valence-electron chi connectivity index (χ1n) is 6.52. The van der Waals surface area contributed by atoms with Crippen molar-refractivity contribution in [2.45, 2.75) is 35.0 Å². The number of benzene rings is 1. The summed E-state index contributed by atoms with van der Waals surface area (Å²) >= 11 is 3.28. The molecule has 100 valence electrons. The molecule has 2 aromatic heterocycles. The van der Waals surface area contributed by atoms with Gasteiger partial charge in [-0.25, -0.2) is 9.97 Å². The predicted molar refractivity (Wildman–Crippen MR) is 80.3 cm³/mol. The molecule has 1 fully saturated rings. The van der Waals surface area contributed by atoms with Crippen molar-refractivity contribution >= 4 is 34.0 Å². The van der Waals surface area contributed by atoms with Crippen LogP contribution in [0.3, 0.4) is 0 Å². The van der Waals surface area contributed by atoms with E-state index in [0.29, 0.717) is 5.92 Å². The van der Waals surface area contributed by atoms with Gasteiger partial charge >= 0.3 is 0 Å². The van der Waals surface area contributed by atoms with Gasteiger partial charge in [0.15, 0.2) is 4.34 Å². The van der Waals surface area contributed by atoms with Crippen molar-refractivity contribution in [3.63, 3.8) is 0 Å². The molecule has 2 heterocycles. The minimum absolute atomic E-state index is 0.659. The van der Waals surface area contributed by atoms with Gasteiger partial charge < -0.3 is 0 Å². The summed E-state index contributed by atoms with van der Waals surface area (Å²) in [7, 11) is 0. The minimum Gasteiger partial charge on any atom is -0.236 e. The lowest BCUT2D eigenvalue weighted by Gasteiger charge is -2.03. The molecule has 1 aliphatic rings. The SMILES string of the molecule is Cc1ccc2ncnc(Sc3nnc(C4CC4)s3)c2c1. The average Bonchev–Trinajstić information content (AvgIpc) is 3.20. The lowest BCUT2D eigenvalue weighted by atomic mass is 10.2. The van der Waals surface area contributed by atoms with Crippen molar-refractivity contribution in [1.82, 2.24) is 20.2 Å². The highest BCUT2D eigenvalue weighted by molar-refractivity contribution is 8.01. The second kappa shape index (κ2) is 4.79. The lowest BCUT2D eigenvalue weighted by Crippen LogP contribution is -1.87. The zero-order chi connectivity index (χ0) is 13.5. The third-order valence-corrected chi connectivity index (χ3v) is 5.44. The first-order chi connectivity index (χ1) is 9.79. The summed E-state index contributed by atoms with van der Waals surface area (Å²) in [6, 6.07) is 6.23. The molecule has 6 heteroatoms. The van der Waals surface area contributed by atoms with E-state index >= 15 is 0 Å². The van der Waals surface area contributed by atoms with E-state index in [9.17, 15) is 0 Å². The van der Waals surface area contributed by atoms with Crippen LogP contribution in [0.4, 0.5) is 0 Å². The molecule has 0 saturated heterocycles. The number of nitrogens with zero attached hydrogens (tertiary/aromatic N) is 4. The van der Waals surface area contributed by atoms with Crippen molar-refractivity contribution in [2.24, 2.45) is 0 Å². The minimum atomic E-state index is 0.659. The Morgan fingerprint density at radius 1 is 1.20 bits per heavy atom. The molecule has 0 radical (unpaired) electrons. The van der Waals surface area contributed by atoms with Crippen molar-refractivity contribution < 1.29 is 0 Å². The lowest BCUT2D eigenvalue weighted by molar-refractivity contribution is 0.936. The number of aryl methyl sites for hydroxylation is 1. The highest BCUT2D eigenvalue weighted by atomic mass is 32.2. The van der Waals surface area contributed by atoms with Gasteiger partial charge in [-0.3, -0.25) is 0 Å². The zero-order valence-corrected chi connectivity index (χ0v) is 12.5. The molecule has 0 bridgehead atoms. The van der Waals surface area contributed by atoms with Gasteiger partial charge in [0.25, 0.3) is 0 Å². The van der Waals surface area contributed by atoms with Crippen molar-refractivity contribution in [3.8, 4) is 0 Å². The Bertz CT molecular complexity index is 780. The Morgan fingerprint density at radius 3 is 2.95 bits per heavy atom. The number of fused-ring (bicyclic) bond motifs is 1. The van der Waals surface area contributed by atoms with Crippen LogP contribution in [-0.4, -0.2) is 20.2 Å². The van der Waals surface area contributed by atoms with Gasteiger partial charge in [-0.1, -0.05) is 23.0 Å². The van der Waals surface area contributed by atoms with Crippen LogP contribution >= 0.6 is 23.1 Å². The van der Waals surface area contributed by atoms with Crippen LogP contribution in [-0.2, 0) is 0 Å². The highest BCUT2D eigenvalue weighted by Crippen LogP contribution is 2.43. The first kappa shape index (κ1) is 12.2. The van der Waals surface area contributed by atoms with Gasteiger partial charge in [0, 0.05) is 11.3 Å². The van der Waals surface area contributed by atoms with E-state index < -0.39 is 0 Å². The van der Waals surface area contributed by atoms with E-state index in [4.69, 9.17) is 0 Å². The first-order valence-corrected chi connectivity index (χ1v) is 8.15. The summed E-state index contributed by atoms with van der Waals surface area (Å²) < 4.78 is 0.966. The van der Waals surface area contributed by atoms with Crippen LogP contribution < -0.4 is 0 Å². The molecule has 4 rings (SSSR count). The van der Waals surface area contributed by atoms with Gasteiger partial charge in [0.1, 0.15) is 16.4 Å². The molecule has 0 amide bonds. The topological polar surface area (TPSA) is 51.6 Å². The van der Waals surface area contributed by atoms with E-state index in [1.165, 1.54) is 23.4 Å². The van der Waals surface area contributed by atoms with Crippen molar-refractivity contribution in [2.75, 3.05) is 0 Å². The molecular formula is C14H12N4S2. The second-order valence-electron chi connectivity index (χ2n) is 4.98. The van der Waals surface area contributed by atoms with Crippen LogP contribution in [0.15, 0.2) is 33.9 Å². The molecular weight excluding hydrogens is 288 g/mol. The third kappa shape index (κ3) is 2.29. The fraction of sp³-hybridized carbons (Fsp3) is 0.286. The van der Waals surface area contributed by atoms with Crippen LogP contribution in [0.25, 0.3) is 10.9 Å². The number of hydrogen-bond donors (Lipinski definition) is 0. The zero-order valence-electron chi connectivity index (χ0n) is 10.9. The number of hydrogen-bond acceptors (Lipinski definition) is 6. The van der Waals surface area contributed by atoms with Gasteiger partial charge in [-0.15, -0.1) is 10.2 Å². The Labute approximate surface area is 124 Å². The van der Waals surface area contributed by atoms with E-state index in [0.717, 1.165) is 20.3 Å². The van der Waals surface area contributed by atoms with Crippen LogP contribution in [0, 0.1) is 6.92 Å². The molecule has 0 N–H and O–H groups in total. The summed E-state index contributed by atoms with van der Waals surface area (Å²) in [4.78, 5) is 8.71. The van der Waals surface area contributed by atoms with E-state index in [-0.39, 0.29) is 0 Å². The van der Waals surface area contributed by atoms with Crippen molar-refractivity contribution in [1.29, 1.82) is 0 Å². The Morgan fingerprint density at radius 2 is 2.10 bits per heavy atom. The summed E-state index contributed by atoms with van der Waals surface area (Å²) in [6.45, 7) is 2.08. The Balaban J connectivity index is 1.71. The third-order valence-electron chi connectivity index (χ3n) is 3.29. The average molecular weight is 300 g/mol. The second-order valence-corrected chi connectivity index (χ2v) is 7.23. The Kier molecular flexibility index (Phi) is 2.93.